The van der Waals surface area contributed by atoms with Gasteiger partial charge in [0.15, 0.2) is 0 Å². The number of ether oxygens (including phenoxy) is 1. The number of carbonyl (C=O) groups is 2. The molecule has 20 heavy (non-hydrogen) atoms. The van der Waals surface area contributed by atoms with E-state index in [1.165, 1.54) is 36.4 Å². The molecule has 2 heterocycles. The van der Waals surface area contributed by atoms with E-state index in [0.29, 0.717) is 16.2 Å². The third kappa shape index (κ3) is 3.58. The van der Waals surface area contributed by atoms with E-state index in [2.05, 4.69) is 9.72 Å². The molecule has 0 radical (unpaired) electrons. The summed E-state index contributed by atoms with van der Waals surface area (Å²) in [6, 6.07) is 5.05. The maximum absolute atomic E-state index is 11.2. The molecule has 7 heteroatoms. The molecule has 0 aliphatic rings. The number of aromatic nitrogens is 1. The molecule has 0 amide bonds. The third-order valence-corrected chi connectivity index (χ3v) is 4.50. The standard InChI is InChI=1S/C13H11NO4S2/c1-18-13(17)8-2-3-9(14-5-8)6-19-10-4-11(12(15)16)20-7-10/h2-5,7H,6H2,1H3,(H,15,16). The smallest absolute Gasteiger partial charge is 0.345 e. The van der Waals surface area contributed by atoms with Gasteiger partial charge in [-0.1, -0.05) is 0 Å². The van der Waals surface area contributed by atoms with Crippen LogP contribution in [0.4, 0.5) is 0 Å². The Hall–Kier alpha value is -1.86. The Labute approximate surface area is 123 Å². The molecule has 0 aromatic carbocycles. The van der Waals surface area contributed by atoms with Crippen LogP contribution in [0.25, 0.3) is 0 Å². The van der Waals surface area contributed by atoms with Crippen LogP contribution in [0.5, 0.6) is 0 Å². The van der Waals surface area contributed by atoms with E-state index in [9.17, 15) is 9.59 Å². The van der Waals surface area contributed by atoms with Gasteiger partial charge in [0, 0.05) is 22.2 Å². The summed E-state index contributed by atoms with van der Waals surface area (Å²) in [6.07, 6.45) is 1.47. The zero-order chi connectivity index (χ0) is 14.5. The van der Waals surface area contributed by atoms with Crippen molar-refractivity contribution in [3.63, 3.8) is 0 Å². The molecule has 0 atom stereocenters. The first-order valence-electron chi connectivity index (χ1n) is 5.58. The molecule has 104 valence electrons. The fourth-order valence-corrected chi connectivity index (χ4v) is 3.20. The number of thioether (sulfide) groups is 1. The zero-order valence-electron chi connectivity index (χ0n) is 10.5. The van der Waals surface area contributed by atoms with Crippen LogP contribution in [0.15, 0.2) is 34.7 Å². The van der Waals surface area contributed by atoms with Crippen molar-refractivity contribution in [3.05, 3.63) is 45.9 Å². The summed E-state index contributed by atoms with van der Waals surface area (Å²) < 4.78 is 4.59. The van der Waals surface area contributed by atoms with E-state index in [0.717, 1.165) is 10.6 Å². The fourth-order valence-electron chi connectivity index (χ4n) is 1.41. The van der Waals surface area contributed by atoms with E-state index in [4.69, 9.17) is 5.11 Å². The number of carboxylic acid groups (broad SMARTS) is 1. The summed E-state index contributed by atoms with van der Waals surface area (Å²) in [5.41, 5.74) is 1.22. The number of carboxylic acids is 1. The van der Waals surface area contributed by atoms with Gasteiger partial charge in [0.1, 0.15) is 4.88 Å². The van der Waals surface area contributed by atoms with E-state index in [-0.39, 0.29) is 0 Å². The molecule has 2 aromatic rings. The molecule has 0 spiro atoms. The van der Waals surface area contributed by atoms with E-state index in [1.54, 1.807) is 23.6 Å². The minimum atomic E-state index is -0.914. The van der Waals surface area contributed by atoms with E-state index in [1.807, 2.05) is 0 Å². The molecule has 2 aromatic heterocycles. The van der Waals surface area contributed by atoms with Crippen molar-refractivity contribution in [2.45, 2.75) is 10.6 Å². The summed E-state index contributed by atoms with van der Waals surface area (Å²) >= 11 is 2.70. The fraction of sp³-hybridized carbons (Fsp3) is 0.154. The number of methoxy groups -OCH3 is 1. The van der Waals surface area contributed by atoms with Crippen LogP contribution in [0, 0.1) is 0 Å². The highest BCUT2D eigenvalue weighted by molar-refractivity contribution is 7.98. The van der Waals surface area contributed by atoms with Gasteiger partial charge in [-0.3, -0.25) is 4.98 Å². The summed E-state index contributed by atoms with van der Waals surface area (Å²) in [5.74, 6) is -0.722. The van der Waals surface area contributed by atoms with Crippen molar-refractivity contribution >= 4 is 35.0 Å². The molecule has 2 rings (SSSR count). The lowest BCUT2D eigenvalue weighted by Crippen LogP contribution is -2.02. The normalized spacial score (nSPS) is 10.2. The second kappa shape index (κ2) is 6.53. The van der Waals surface area contributed by atoms with E-state index >= 15 is 0 Å². The zero-order valence-corrected chi connectivity index (χ0v) is 12.2. The van der Waals surface area contributed by atoms with E-state index < -0.39 is 11.9 Å². The minimum absolute atomic E-state index is 0.321. The number of esters is 1. The second-order valence-electron chi connectivity index (χ2n) is 3.77. The number of nitrogens with zero attached hydrogens (tertiary/aromatic N) is 1. The Morgan fingerprint density at radius 3 is 2.80 bits per heavy atom. The third-order valence-electron chi connectivity index (χ3n) is 2.42. The predicted molar refractivity (Wildman–Crippen MR) is 76.4 cm³/mol. The molecule has 0 bridgehead atoms. The lowest BCUT2D eigenvalue weighted by atomic mass is 10.2. The van der Waals surface area contributed by atoms with Crippen molar-refractivity contribution in [1.29, 1.82) is 0 Å². The highest BCUT2D eigenvalue weighted by Gasteiger charge is 2.08. The summed E-state index contributed by atoms with van der Waals surface area (Å²) in [4.78, 5) is 27.4. The Morgan fingerprint density at radius 1 is 1.45 bits per heavy atom. The Balaban J connectivity index is 1.96. The average molecular weight is 309 g/mol. The van der Waals surface area contributed by atoms with Crippen molar-refractivity contribution < 1.29 is 19.4 Å². The van der Waals surface area contributed by atoms with Gasteiger partial charge in [-0.05, 0) is 18.2 Å². The van der Waals surface area contributed by atoms with Gasteiger partial charge in [0.05, 0.1) is 18.4 Å². The second-order valence-corrected chi connectivity index (χ2v) is 5.73. The first-order chi connectivity index (χ1) is 9.60. The SMILES string of the molecule is COC(=O)c1ccc(CSc2csc(C(=O)O)c2)nc1. The Kier molecular flexibility index (Phi) is 4.75. The van der Waals surface area contributed by atoms with Crippen molar-refractivity contribution in [1.82, 2.24) is 4.98 Å². The number of rotatable bonds is 5. The highest BCUT2D eigenvalue weighted by atomic mass is 32.2. The lowest BCUT2D eigenvalue weighted by molar-refractivity contribution is 0.0599. The maximum Gasteiger partial charge on any atom is 0.345 e. The molecular formula is C13H11NO4S2. The predicted octanol–water partition coefficient (Wildman–Crippen LogP) is 2.92. The average Bonchev–Trinajstić information content (AvgIpc) is 2.94. The first kappa shape index (κ1) is 14.5. The van der Waals surface area contributed by atoms with Gasteiger partial charge in [-0.2, -0.15) is 0 Å². The summed E-state index contributed by atoms with van der Waals surface area (Å²) in [5, 5.41) is 10.6. The maximum atomic E-state index is 11.2. The number of carbonyl (C=O) groups excluding carboxylic acids is 1. The molecule has 0 aliphatic carbocycles. The van der Waals surface area contributed by atoms with Crippen LogP contribution in [0.1, 0.15) is 25.7 Å². The van der Waals surface area contributed by atoms with Gasteiger partial charge in [0.2, 0.25) is 0 Å². The molecular weight excluding hydrogens is 298 g/mol. The number of pyridine rings is 1. The monoisotopic (exact) mass is 309 g/mol. The quantitative estimate of drug-likeness (QED) is 0.676. The number of thiophene rings is 1. The molecule has 0 aliphatic heterocycles. The van der Waals surface area contributed by atoms with Gasteiger partial charge in [-0.25, -0.2) is 9.59 Å². The van der Waals surface area contributed by atoms with Crippen LogP contribution in [-0.4, -0.2) is 29.1 Å². The molecule has 1 N–H and O–H groups in total. The number of aromatic carboxylic acids is 1. The van der Waals surface area contributed by atoms with Crippen LogP contribution in [-0.2, 0) is 10.5 Å². The van der Waals surface area contributed by atoms with Crippen LogP contribution < -0.4 is 0 Å². The minimum Gasteiger partial charge on any atom is -0.477 e. The summed E-state index contributed by atoms with van der Waals surface area (Å²) in [6.45, 7) is 0. The molecule has 0 saturated carbocycles. The molecule has 0 saturated heterocycles. The van der Waals surface area contributed by atoms with Gasteiger partial charge < -0.3 is 9.84 Å². The van der Waals surface area contributed by atoms with Gasteiger partial charge >= 0.3 is 11.9 Å². The Bertz CT molecular complexity index is 622. The van der Waals surface area contributed by atoms with Crippen molar-refractivity contribution in [3.8, 4) is 0 Å². The van der Waals surface area contributed by atoms with Gasteiger partial charge in [0.25, 0.3) is 0 Å². The largest absolute Gasteiger partial charge is 0.477 e. The van der Waals surface area contributed by atoms with Crippen LogP contribution >= 0.6 is 23.1 Å². The van der Waals surface area contributed by atoms with Crippen LogP contribution in [0.2, 0.25) is 0 Å². The summed E-state index contributed by atoms with van der Waals surface area (Å²) in [7, 11) is 1.32. The van der Waals surface area contributed by atoms with Gasteiger partial charge in [-0.15, -0.1) is 23.1 Å². The van der Waals surface area contributed by atoms with Crippen molar-refractivity contribution in [2.24, 2.45) is 0 Å². The van der Waals surface area contributed by atoms with Crippen LogP contribution in [0.3, 0.4) is 0 Å². The lowest BCUT2D eigenvalue weighted by Gasteiger charge is -2.01. The molecule has 5 nitrogen and oxygen atoms in total. The topological polar surface area (TPSA) is 76.5 Å². The van der Waals surface area contributed by atoms with Crippen molar-refractivity contribution in [2.75, 3.05) is 7.11 Å². The number of hydrogen-bond donors (Lipinski definition) is 1. The molecule has 0 unspecified atom stereocenters. The Morgan fingerprint density at radius 2 is 2.25 bits per heavy atom. The molecule has 0 fully saturated rings. The number of hydrogen-bond acceptors (Lipinski definition) is 6. The highest BCUT2D eigenvalue weighted by Crippen LogP contribution is 2.27. The first-order valence-corrected chi connectivity index (χ1v) is 7.44.